The number of hydrogen-bond acceptors (Lipinski definition) is 2. The van der Waals surface area contributed by atoms with Crippen molar-refractivity contribution >= 4 is 59.3 Å². The fraction of sp³-hybridized carbons (Fsp3) is 0.0169. The summed E-state index contributed by atoms with van der Waals surface area (Å²) in [6.07, 6.45) is 0. The highest BCUT2D eigenvalue weighted by molar-refractivity contribution is 7.25. The van der Waals surface area contributed by atoms with E-state index in [1.165, 1.54) is 4.90 Å². The molecular weight excluding hydrogens is 755 g/mol. The summed E-state index contributed by atoms with van der Waals surface area (Å²) < 4.78 is 80.6. The second-order valence-electron chi connectivity index (χ2n) is 15.3. The number of thiophene rings is 1. The minimum atomic E-state index is -0.869. The van der Waals surface area contributed by atoms with E-state index >= 15 is 0 Å². The molecule has 0 fully saturated rings. The molecule has 0 radical (unpaired) electrons. The molecular formula is C59H39NS. The van der Waals surface area contributed by atoms with Gasteiger partial charge in [0.05, 0.1) is 22.1 Å². The van der Waals surface area contributed by atoms with E-state index in [-0.39, 0.29) is 58.8 Å². The van der Waals surface area contributed by atoms with E-state index < -0.39 is 17.5 Å². The molecule has 0 spiro atoms. The predicted octanol–water partition coefficient (Wildman–Crippen LogP) is 16.4. The number of fused-ring (bicyclic) bond motifs is 7. The van der Waals surface area contributed by atoms with Crippen molar-refractivity contribution in [3.63, 3.8) is 0 Å². The van der Waals surface area contributed by atoms with Crippen LogP contribution in [0.5, 0.6) is 0 Å². The van der Waals surface area contributed by atoms with Gasteiger partial charge < -0.3 is 4.90 Å². The molecule has 2 heteroatoms. The summed E-state index contributed by atoms with van der Waals surface area (Å²) in [5, 5.41) is 3.61. The number of benzene rings is 10. The quantitative estimate of drug-likeness (QED) is 0.155. The van der Waals surface area contributed by atoms with Crippen LogP contribution in [0.25, 0.3) is 64.3 Å². The van der Waals surface area contributed by atoms with E-state index in [9.17, 15) is 11.0 Å². The highest BCUT2D eigenvalue weighted by Gasteiger charge is 2.47. The van der Waals surface area contributed by atoms with Gasteiger partial charge in [-0.1, -0.05) is 188 Å². The summed E-state index contributed by atoms with van der Waals surface area (Å²) in [6, 6.07) is 58.7. The third-order valence-corrected chi connectivity index (χ3v) is 13.2. The first-order valence-electron chi connectivity index (χ1n) is 24.4. The van der Waals surface area contributed by atoms with Gasteiger partial charge in [-0.3, -0.25) is 0 Å². The van der Waals surface area contributed by atoms with Crippen LogP contribution in [0.15, 0.2) is 236 Å². The van der Waals surface area contributed by atoms with Gasteiger partial charge in [0.1, 0.15) is 0 Å². The lowest BCUT2D eigenvalue weighted by molar-refractivity contribution is 0.768. The standard InChI is InChI=1S/C59H39NS/c1-3-19-44(20-4-1)59(45-21-5-2-6-22-45)53-28-11-9-26-51(53)58-54(59)29-15-30-55(58)60(46-35-32-41(33-36-46)49-27-14-17-40-16-7-8-24-48(40)49)47-23-13-18-42(38-47)43-34-37-57-52(39-43)50-25-10-12-31-56(50)61-57/h1-39H/i13D,18D,23D,32D,33D,35D,36D,38D. The van der Waals surface area contributed by atoms with E-state index in [0.29, 0.717) is 22.4 Å². The molecule has 0 unspecified atom stereocenters. The normalized spacial score (nSPS) is 14.6. The van der Waals surface area contributed by atoms with Gasteiger partial charge in [0.15, 0.2) is 0 Å². The van der Waals surface area contributed by atoms with Crippen molar-refractivity contribution in [2.24, 2.45) is 0 Å². The Morgan fingerprint density at radius 1 is 0.426 bits per heavy atom. The maximum atomic E-state index is 10.3. The van der Waals surface area contributed by atoms with Crippen LogP contribution in [-0.4, -0.2) is 0 Å². The molecule has 0 N–H and O–H groups in total. The zero-order chi connectivity index (χ0) is 47.3. The third-order valence-electron chi connectivity index (χ3n) is 12.1. The Morgan fingerprint density at radius 2 is 1.07 bits per heavy atom. The van der Waals surface area contributed by atoms with E-state index in [1.54, 1.807) is 17.4 Å². The molecule has 0 aliphatic heterocycles. The predicted molar refractivity (Wildman–Crippen MR) is 260 cm³/mol. The second-order valence-corrected chi connectivity index (χ2v) is 16.4. The molecule has 286 valence electrons. The molecule has 12 rings (SSSR count). The minimum absolute atomic E-state index is 0.117. The van der Waals surface area contributed by atoms with Crippen molar-refractivity contribution in [1.29, 1.82) is 0 Å². The average molecular weight is 802 g/mol. The Bertz CT molecular complexity index is 3830. The lowest BCUT2D eigenvalue weighted by atomic mass is 9.68. The van der Waals surface area contributed by atoms with Gasteiger partial charge in [0.25, 0.3) is 0 Å². The van der Waals surface area contributed by atoms with Gasteiger partial charge >= 0.3 is 0 Å². The summed E-state index contributed by atoms with van der Waals surface area (Å²) in [5.74, 6) is 0. The summed E-state index contributed by atoms with van der Waals surface area (Å²) in [7, 11) is 0. The van der Waals surface area contributed by atoms with E-state index in [0.717, 1.165) is 58.8 Å². The van der Waals surface area contributed by atoms with Crippen molar-refractivity contribution in [3.05, 3.63) is 259 Å². The molecule has 11 aromatic rings. The summed E-state index contributed by atoms with van der Waals surface area (Å²) in [4.78, 5) is 1.51. The minimum Gasteiger partial charge on any atom is -0.310 e. The fourth-order valence-corrected chi connectivity index (χ4v) is 10.6. The molecule has 10 aromatic carbocycles. The number of hydrogen-bond donors (Lipinski definition) is 0. The highest BCUT2D eigenvalue weighted by atomic mass is 32.1. The molecule has 1 heterocycles. The molecule has 0 amide bonds. The second kappa shape index (κ2) is 14.3. The molecule has 1 nitrogen and oxygen atoms in total. The van der Waals surface area contributed by atoms with Crippen molar-refractivity contribution in [2.45, 2.75) is 5.41 Å². The monoisotopic (exact) mass is 801 g/mol. The smallest absolute Gasteiger partial charge is 0.0714 e. The molecule has 0 saturated heterocycles. The maximum Gasteiger partial charge on any atom is 0.0714 e. The van der Waals surface area contributed by atoms with Crippen LogP contribution in [0.4, 0.5) is 17.1 Å². The highest BCUT2D eigenvalue weighted by Crippen LogP contribution is 2.59. The molecule has 1 aliphatic carbocycles. The van der Waals surface area contributed by atoms with Crippen LogP contribution in [-0.2, 0) is 5.41 Å². The number of anilines is 3. The Labute approximate surface area is 371 Å². The first-order chi connectivity index (χ1) is 33.6. The van der Waals surface area contributed by atoms with Gasteiger partial charge in [0, 0.05) is 37.1 Å². The van der Waals surface area contributed by atoms with Crippen LogP contribution in [0.1, 0.15) is 33.2 Å². The van der Waals surface area contributed by atoms with Crippen LogP contribution < -0.4 is 4.90 Å². The molecule has 0 bridgehead atoms. The lowest BCUT2D eigenvalue weighted by Gasteiger charge is -2.34. The first kappa shape index (κ1) is 28.0. The lowest BCUT2D eigenvalue weighted by Crippen LogP contribution is -2.28. The molecule has 0 atom stereocenters. The topological polar surface area (TPSA) is 3.24 Å². The van der Waals surface area contributed by atoms with E-state index in [2.05, 4.69) is 42.5 Å². The van der Waals surface area contributed by atoms with Crippen LogP contribution in [0.3, 0.4) is 0 Å². The van der Waals surface area contributed by atoms with Crippen LogP contribution >= 0.6 is 11.3 Å². The molecule has 1 aliphatic rings. The van der Waals surface area contributed by atoms with Gasteiger partial charge in [-0.2, -0.15) is 0 Å². The zero-order valence-electron chi connectivity index (χ0n) is 40.8. The number of rotatable bonds is 7. The van der Waals surface area contributed by atoms with Gasteiger partial charge in [-0.05, 0) is 109 Å². The van der Waals surface area contributed by atoms with Crippen molar-refractivity contribution in [2.75, 3.05) is 4.90 Å². The molecule has 61 heavy (non-hydrogen) atoms. The summed E-state index contributed by atoms with van der Waals surface area (Å²) in [6.45, 7) is 0. The van der Waals surface area contributed by atoms with Crippen LogP contribution in [0, 0.1) is 0 Å². The Kier molecular flexibility index (Phi) is 6.59. The molecule has 1 aromatic heterocycles. The zero-order valence-corrected chi connectivity index (χ0v) is 33.6. The fourth-order valence-electron chi connectivity index (χ4n) is 9.48. The van der Waals surface area contributed by atoms with Crippen molar-refractivity contribution in [1.82, 2.24) is 0 Å². The van der Waals surface area contributed by atoms with Gasteiger partial charge in [-0.25, -0.2) is 0 Å². The molecule has 0 saturated carbocycles. The summed E-state index contributed by atoms with van der Waals surface area (Å²) >= 11 is 1.64. The Balaban J connectivity index is 1.21. The van der Waals surface area contributed by atoms with E-state index in [4.69, 9.17) is 0 Å². The Hall–Kier alpha value is -7.52. The Morgan fingerprint density at radius 3 is 1.89 bits per heavy atom. The first-order valence-corrected chi connectivity index (χ1v) is 21.2. The number of nitrogens with zero attached hydrogens (tertiary/aromatic N) is 1. The largest absolute Gasteiger partial charge is 0.310 e. The van der Waals surface area contributed by atoms with Gasteiger partial charge in [0.2, 0.25) is 0 Å². The van der Waals surface area contributed by atoms with Crippen molar-refractivity contribution in [3.8, 4) is 33.4 Å². The SMILES string of the molecule is [2H]c1c([2H])c(-c2ccc3sc4ccccc4c3c2)c([2H])c(N(c2cccc3c2-c2ccccc2C3(c2ccccc2)c2ccccc2)c2c([2H])c([2H])c(-c3cccc4ccccc34)c([2H])c2[2H])c1[2H]. The average Bonchev–Trinajstić information content (AvgIpc) is 3.91. The van der Waals surface area contributed by atoms with Crippen molar-refractivity contribution < 1.29 is 11.0 Å². The summed E-state index contributed by atoms with van der Waals surface area (Å²) in [5.41, 5.74) is 5.93. The third kappa shape index (κ3) is 5.60. The van der Waals surface area contributed by atoms with E-state index in [1.807, 2.05) is 140 Å². The maximum absolute atomic E-state index is 10.3. The van der Waals surface area contributed by atoms with Crippen LogP contribution in [0.2, 0.25) is 0 Å². The van der Waals surface area contributed by atoms with Gasteiger partial charge in [-0.15, -0.1) is 11.3 Å².